The van der Waals surface area contributed by atoms with Crippen LogP contribution in [0.4, 0.5) is 22.0 Å². The second-order valence-corrected chi connectivity index (χ2v) is 7.26. The minimum atomic E-state index is -5.01. The third-order valence-corrected chi connectivity index (χ3v) is 5.09. The summed E-state index contributed by atoms with van der Waals surface area (Å²) in [5.74, 6) is -3.68. The van der Waals surface area contributed by atoms with E-state index in [1.807, 2.05) is 5.10 Å². The van der Waals surface area contributed by atoms with E-state index in [0.29, 0.717) is 0 Å². The molecule has 6 nitrogen and oxygen atoms in total. The Labute approximate surface area is 193 Å². The maximum Gasteiger partial charge on any atom is 0.433 e. The molecule has 0 bridgehead atoms. The lowest BCUT2D eigenvalue weighted by Crippen LogP contribution is -2.10. The molecular formula is C22H13ClF5N3O3. The van der Waals surface area contributed by atoms with Gasteiger partial charge in [0.05, 0.1) is 22.8 Å². The molecule has 0 aliphatic rings. The molecule has 0 spiro atoms. The van der Waals surface area contributed by atoms with Crippen molar-refractivity contribution >= 4 is 17.6 Å². The second kappa shape index (κ2) is 8.90. The number of alkyl halides is 3. The zero-order chi connectivity index (χ0) is 24.6. The van der Waals surface area contributed by atoms with Crippen molar-refractivity contribution in [3.8, 4) is 33.8 Å². The lowest BCUT2D eigenvalue weighted by atomic mass is 9.97. The van der Waals surface area contributed by atoms with Crippen LogP contribution in [0.15, 0.2) is 47.0 Å². The molecule has 2 aromatic heterocycles. The van der Waals surface area contributed by atoms with Crippen LogP contribution < -0.4 is 0 Å². The van der Waals surface area contributed by atoms with E-state index in [1.54, 1.807) is 0 Å². The van der Waals surface area contributed by atoms with Crippen molar-refractivity contribution < 1.29 is 36.0 Å². The molecule has 4 aromatic rings. The van der Waals surface area contributed by atoms with Crippen LogP contribution >= 0.6 is 11.6 Å². The van der Waals surface area contributed by atoms with E-state index in [2.05, 4.69) is 10.3 Å². The first-order chi connectivity index (χ1) is 16.1. The number of H-pyrrole nitrogens is 1. The predicted octanol–water partition coefficient (Wildman–Crippen LogP) is 6.53. The molecule has 4 rings (SSSR count). The summed E-state index contributed by atoms with van der Waals surface area (Å²) in [4.78, 5) is 12.8. The van der Waals surface area contributed by atoms with E-state index < -0.39 is 57.7 Å². The first-order valence-corrected chi connectivity index (χ1v) is 10.0. The third-order valence-electron chi connectivity index (χ3n) is 4.78. The summed E-state index contributed by atoms with van der Waals surface area (Å²) in [6.07, 6.45) is -5.01. The summed E-state index contributed by atoms with van der Waals surface area (Å²) in [5.41, 5.74) is -4.53. The molecule has 0 atom stereocenters. The van der Waals surface area contributed by atoms with Crippen molar-refractivity contribution in [2.24, 2.45) is 0 Å². The molecule has 0 saturated carbocycles. The molecular weight excluding hydrogens is 485 g/mol. The first kappa shape index (κ1) is 23.4. The average Bonchev–Trinajstić information content (AvgIpc) is 3.38. The Morgan fingerprint density at radius 1 is 1.06 bits per heavy atom. The highest BCUT2D eigenvalue weighted by Crippen LogP contribution is 2.45. The molecule has 176 valence electrons. The SMILES string of the molecule is CCOC(=O)c1c(-c2c(F)cccc2Cl)noc1-c1c(-c2ccccc2F)n[nH]c1C(F)(F)F. The molecule has 2 aromatic carbocycles. The van der Waals surface area contributed by atoms with Crippen LogP contribution in [0.25, 0.3) is 33.8 Å². The van der Waals surface area contributed by atoms with Crippen molar-refractivity contribution in [1.29, 1.82) is 0 Å². The quantitative estimate of drug-likeness (QED) is 0.250. The number of ether oxygens (including phenoxy) is 1. The Morgan fingerprint density at radius 2 is 1.76 bits per heavy atom. The summed E-state index contributed by atoms with van der Waals surface area (Å²) in [7, 11) is 0. The van der Waals surface area contributed by atoms with E-state index in [0.717, 1.165) is 12.1 Å². The Hall–Kier alpha value is -3.73. The van der Waals surface area contributed by atoms with Crippen molar-refractivity contribution in [2.75, 3.05) is 6.61 Å². The van der Waals surface area contributed by atoms with Crippen LogP contribution in [0.3, 0.4) is 0 Å². The van der Waals surface area contributed by atoms with Crippen LogP contribution in [-0.2, 0) is 10.9 Å². The fourth-order valence-corrected chi connectivity index (χ4v) is 3.62. The van der Waals surface area contributed by atoms with Crippen molar-refractivity contribution in [2.45, 2.75) is 13.1 Å². The molecule has 2 heterocycles. The zero-order valence-electron chi connectivity index (χ0n) is 17.1. The summed E-state index contributed by atoms with van der Waals surface area (Å²) >= 11 is 6.08. The van der Waals surface area contributed by atoms with Gasteiger partial charge >= 0.3 is 12.1 Å². The summed E-state index contributed by atoms with van der Waals surface area (Å²) < 4.78 is 80.9. The summed E-state index contributed by atoms with van der Waals surface area (Å²) in [6.45, 7) is 1.30. The number of benzene rings is 2. The molecule has 0 aliphatic carbocycles. The number of nitrogens with zero attached hydrogens (tertiary/aromatic N) is 2. The van der Waals surface area contributed by atoms with E-state index in [-0.39, 0.29) is 22.8 Å². The van der Waals surface area contributed by atoms with Crippen LogP contribution in [0.2, 0.25) is 5.02 Å². The Balaban J connectivity index is 2.08. The van der Waals surface area contributed by atoms with Gasteiger partial charge < -0.3 is 9.26 Å². The number of aromatic nitrogens is 3. The number of carbonyl (C=O) groups excluding carboxylic acids is 1. The number of carbonyl (C=O) groups is 1. The first-order valence-electron chi connectivity index (χ1n) is 9.67. The van der Waals surface area contributed by atoms with Gasteiger partial charge in [0.2, 0.25) is 0 Å². The van der Waals surface area contributed by atoms with E-state index >= 15 is 0 Å². The average molecular weight is 498 g/mol. The highest BCUT2D eigenvalue weighted by atomic mass is 35.5. The molecule has 12 heteroatoms. The van der Waals surface area contributed by atoms with Gasteiger partial charge in [0, 0.05) is 5.56 Å². The van der Waals surface area contributed by atoms with E-state index in [9.17, 15) is 26.7 Å². The van der Waals surface area contributed by atoms with Gasteiger partial charge in [0.1, 0.15) is 28.6 Å². The fourth-order valence-electron chi connectivity index (χ4n) is 3.36. The number of halogens is 6. The van der Waals surface area contributed by atoms with Gasteiger partial charge in [-0.2, -0.15) is 18.3 Å². The Morgan fingerprint density at radius 3 is 2.41 bits per heavy atom. The number of esters is 1. The van der Waals surface area contributed by atoms with Gasteiger partial charge in [-0.15, -0.1) is 0 Å². The maximum atomic E-state index is 14.6. The van der Waals surface area contributed by atoms with Crippen LogP contribution in [0, 0.1) is 11.6 Å². The van der Waals surface area contributed by atoms with Crippen LogP contribution in [0.1, 0.15) is 23.0 Å². The molecule has 0 amide bonds. The molecule has 1 N–H and O–H groups in total. The monoisotopic (exact) mass is 497 g/mol. The van der Waals surface area contributed by atoms with Crippen molar-refractivity contribution in [3.63, 3.8) is 0 Å². The Bertz CT molecular complexity index is 1360. The number of hydrogen-bond donors (Lipinski definition) is 1. The highest BCUT2D eigenvalue weighted by Gasteiger charge is 2.42. The number of rotatable bonds is 5. The zero-order valence-corrected chi connectivity index (χ0v) is 17.9. The number of aromatic amines is 1. The maximum absolute atomic E-state index is 14.6. The van der Waals surface area contributed by atoms with Crippen LogP contribution in [-0.4, -0.2) is 27.9 Å². The molecule has 0 aliphatic heterocycles. The van der Waals surface area contributed by atoms with Gasteiger partial charge in [0.25, 0.3) is 0 Å². The Kier molecular flexibility index (Phi) is 6.13. The topological polar surface area (TPSA) is 81.0 Å². The molecule has 0 fully saturated rings. The molecule has 0 unspecified atom stereocenters. The standard InChI is InChI=1S/C22H13ClF5N3O3/c1-2-33-21(32)16-18(14-11(23)7-5-9-13(14)25)31-34-19(16)15-17(10-6-3-4-8-12(10)24)29-30-20(15)22(26,27)28/h3-9H,2H2,1H3,(H,29,30). The minimum absolute atomic E-state index is 0.161. The lowest BCUT2D eigenvalue weighted by Gasteiger charge is -2.10. The van der Waals surface area contributed by atoms with E-state index in [4.69, 9.17) is 20.9 Å². The van der Waals surface area contributed by atoms with Gasteiger partial charge in [-0.05, 0) is 31.2 Å². The van der Waals surface area contributed by atoms with Gasteiger partial charge in [0.15, 0.2) is 11.5 Å². The van der Waals surface area contributed by atoms with Gasteiger partial charge in [-0.3, -0.25) is 5.10 Å². The smallest absolute Gasteiger partial charge is 0.433 e. The third kappa shape index (κ3) is 4.03. The summed E-state index contributed by atoms with van der Waals surface area (Å²) in [5, 5.41) is 8.92. The van der Waals surface area contributed by atoms with E-state index in [1.165, 1.54) is 37.3 Å². The van der Waals surface area contributed by atoms with Gasteiger partial charge in [-0.1, -0.05) is 35.0 Å². The second-order valence-electron chi connectivity index (χ2n) is 6.85. The number of nitrogens with one attached hydrogen (secondary N) is 1. The van der Waals surface area contributed by atoms with Crippen molar-refractivity contribution in [1.82, 2.24) is 15.4 Å². The van der Waals surface area contributed by atoms with Crippen molar-refractivity contribution in [3.05, 3.63) is 70.4 Å². The summed E-state index contributed by atoms with van der Waals surface area (Å²) in [6, 6.07) is 8.57. The molecule has 0 saturated heterocycles. The minimum Gasteiger partial charge on any atom is -0.462 e. The number of hydrogen-bond acceptors (Lipinski definition) is 5. The lowest BCUT2D eigenvalue weighted by molar-refractivity contribution is -0.140. The normalized spacial score (nSPS) is 11.6. The molecule has 34 heavy (non-hydrogen) atoms. The predicted molar refractivity (Wildman–Crippen MR) is 111 cm³/mol. The highest BCUT2D eigenvalue weighted by molar-refractivity contribution is 6.33. The fraction of sp³-hybridized carbons (Fsp3) is 0.136. The largest absolute Gasteiger partial charge is 0.462 e. The molecule has 0 radical (unpaired) electrons. The van der Waals surface area contributed by atoms with Crippen LogP contribution in [0.5, 0.6) is 0 Å². The van der Waals surface area contributed by atoms with Gasteiger partial charge in [-0.25, -0.2) is 13.6 Å².